The summed E-state index contributed by atoms with van der Waals surface area (Å²) in [6, 6.07) is 3.51. The summed E-state index contributed by atoms with van der Waals surface area (Å²) in [5.74, 6) is -0.914. The van der Waals surface area contributed by atoms with Gasteiger partial charge in [-0.2, -0.15) is 0 Å². The summed E-state index contributed by atoms with van der Waals surface area (Å²) < 4.78 is 4.66. The predicted molar refractivity (Wildman–Crippen MR) is 68.1 cm³/mol. The summed E-state index contributed by atoms with van der Waals surface area (Å²) in [7, 11) is 0. The summed E-state index contributed by atoms with van der Waals surface area (Å²) >= 11 is 0. The maximum absolute atomic E-state index is 11.5. The van der Waals surface area contributed by atoms with E-state index in [1.165, 1.54) is 0 Å². The molecule has 5 nitrogen and oxygen atoms in total. The molecule has 5 heteroatoms. The molecule has 0 saturated heterocycles. The van der Waals surface area contributed by atoms with Crippen LogP contribution in [0.5, 0.6) is 0 Å². The maximum atomic E-state index is 11.5. The fraction of sp³-hybridized carbons (Fsp3) is 0.308. The van der Waals surface area contributed by atoms with E-state index in [-0.39, 0.29) is 12.5 Å². The molecule has 0 radical (unpaired) electrons. The van der Waals surface area contributed by atoms with Crippen LogP contribution in [-0.2, 0) is 14.3 Å². The van der Waals surface area contributed by atoms with Gasteiger partial charge in [0, 0.05) is 29.2 Å². The SMILES string of the molecule is CCOC(=O)/C=C/C(=O)Nc1cc(C)nc(C)c1. The molecule has 0 aliphatic carbocycles. The second-order valence-electron chi connectivity index (χ2n) is 3.71. The molecule has 1 amide bonds. The molecule has 0 atom stereocenters. The van der Waals surface area contributed by atoms with Crippen molar-refractivity contribution in [2.24, 2.45) is 0 Å². The standard InChI is InChI=1S/C13H16N2O3/c1-4-18-13(17)6-5-12(16)15-11-7-9(2)14-10(3)8-11/h5-8H,4H2,1-3H3,(H,14,15,16)/b6-5+. The lowest BCUT2D eigenvalue weighted by molar-refractivity contribution is -0.137. The average molecular weight is 248 g/mol. The Hall–Kier alpha value is -2.17. The molecule has 1 rings (SSSR count). The van der Waals surface area contributed by atoms with E-state index in [4.69, 9.17) is 0 Å². The summed E-state index contributed by atoms with van der Waals surface area (Å²) in [6.45, 7) is 5.68. The van der Waals surface area contributed by atoms with E-state index < -0.39 is 5.97 Å². The van der Waals surface area contributed by atoms with Gasteiger partial charge in [0.1, 0.15) is 0 Å². The van der Waals surface area contributed by atoms with Gasteiger partial charge >= 0.3 is 5.97 Å². The Bertz CT molecular complexity index is 461. The highest BCUT2D eigenvalue weighted by molar-refractivity contribution is 6.02. The average Bonchev–Trinajstić information content (AvgIpc) is 2.25. The van der Waals surface area contributed by atoms with Crippen molar-refractivity contribution in [2.75, 3.05) is 11.9 Å². The van der Waals surface area contributed by atoms with E-state index in [1.807, 2.05) is 13.8 Å². The Kier molecular flexibility index (Phi) is 5.05. The second-order valence-corrected chi connectivity index (χ2v) is 3.71. The zero-order valence-electron chi connectivity index (χ0n) is 10.7. The Morgan fingerprint density at radius 1 is 1.28 bits per heavy atom. The molecule has 96 valence electrons. The molecule has 0 aliphatic heterocycles. The quantitative estimate of drug-likeness (QED) is 0.651. The highest BCUT2D eigenvalue weighted by Gasteiger charge is 2.01. The minimum atomic E-state index is -0.533. The Balaban J connectivity index is 2.62. The van der Waals surface area contributed by atoms with Gasteiger partial charge in [0.2, 0.25) is 5.91 Å². The van der Waals surface area contributed by atoms with Crippen LogP contribution in [0.4, 0.5) is 5.69 Å². The second kappa shape index (κ2) is 6.54. The van der Waals surface area contributed by atoms with Gasteiger partial charge < -0.3 is 10.1 Å². The van der Waals surface area contributed by atoms with Gasteiger partial charge in [0.25, 0.3) is 0 Å². The number of aryl methyl sites for hydroxylation is 2. The third-order valence-electron chi connectivity index (χ3n) is 2.01. The summed E-state index contributed by atoms with van der Waals surface area (Å²) in [6.07, 6.45) is 2.24. The number of amides is 1. The molecule has 0 aromatic carbocycles. The van der Waals surface area contributed by atoms with Crippen LogP contribution < -0.4 is 5.32 Å². The first-order chi connectivity index (χ1) is 8.51. The van der Waals surface area contributed by atoms with E-state index >= 15 is 0 Å². The summed E-state index contributed by atoms with van der Waals surface area (Å²) in [4.78, 5) is 26.7. The van der Waals surface area contributed by atoms with Crippen molar-refractivity contribution in [3.63, 3.8) is 0 Å². The molecule has 0 bridgehead atoms. The number of aromatic nitrogens is 1. The number of nitrogens with zero attached hydrogens (tertiary/aromatic N) is 1. The lowest BCUT2D eigenvalue weighted by Gasteiger charge is -2.04. The maximum Gasteiger partial charge on any atom is 0.330 e. The van der Waals surface area contributed by atoms with Crippen molar-refractivity contribution >= 4 is 17.6 Å². The number of nitrogens with one attached hydrogen (secondary N) is 1. The normalized spacial score (nSPS) is 10.4. The molecule has 1 aromatic rings. The molecule has 0 fully saturated rings. The van der Waals surface area contributed by atoms with Crippen molar-refractivity contribution in [3.05, 3.63) is 35.7 Å². The molecule has 0 unspecified atom stereocenters. The first-order valence-corrected chi connectivity index (χ1v) is 5.62. The molecule has 0 saturated carbocycles. The minimum Gasteiger partial charge on any atom is -0.463 e. The van der Waals surface area contributed by atoms with Crippen molar-refractivity contribution in [1.29, 1.82) is 0 Å². The number of pyridine rings is 1. The van der Waals surface area contributed by atoms with Crippen LogP contribution in [0.3, 0.4) is 0 Å². The minimum absolute atomic E-state index is 0.285. The van der Waals surface area contributed by atoms with E-state index in [1.54, 1.807) is 19.1 Å². The van der Waals surface area contributed by atoms with Gasteiger partial charge in [-0.05, 0) is 32.9 Å². The van der Waals surface area contributed by atoms with E-state index in [2.05, 4.69) is 15.0 Å². The summed E-state index contributed by atoms with van der Waals surface area (Å²) in [5, 5.41) is 2.65. The first kappa shape index (κ1) is 13.9. The van der Waals surface area contributed by atoms with Crippen LogP contribution >= 0.6 is 0 Å². The summed E-state index contributed by atoms with van der Waals surface area (Å²) in [5.41, 5.74) is 2.29. The van der Waals surface area contributed by atoms with Crippen molar-refractivity contribution in [1.82, 2.24) is 4.98 Å². The molecule has 0 aliphatic rings. The molecule has 18 heavy (non-hydrogen) atoms. The largest absolute Gasteiger partial charge is 0.463 e. The van der Waals surface area contributed by atoms with Crippen LogP contribution in [0.1, 0.15) is 18.3 Å². The highest BCUT2D eigenvalue weighted by Crippen LogP contribution is 2.10. The van der Waals surface area contributed by atoms with Crippen LogP contribution in [0.2, 0.25) is 0 Å². The monoisotopic (exact) mass is 248 g/mol. The molecule has 1 heterocycles. The number of esters is 1. The van der Waals surface area contributed by atoms with Gasteiger partial charge in [-0.1, -0.05) is 0 Å². The van der Waals surface area contributed by atoms with Gasteiger partial charge in [0.15, 0.2) is 0 Å². The fourth-order valence-corrected chi connectivity index (χ4v) is 1.42. The third-order valence-corrected chi connectivity index (χ3v) is 2.01. The van der Waals surface area contributed by atoms with E-state index in [0.717, 1.165) is 23.5 Å². The van der Waals surface area contributed by atoms with Crippen LogP contribution in [0.25, 0.3) is 0 Å². The van der Waals surface area contributed by atoms with E-state index in [0.29, 0.717) is 5.69 Å². The van der Waals surface area contributed by atoms with Crippen molar-refractivity contribution in [2.45, 2.75) is 20.8 Å². The number of ether oxygens (including phenoxy) is 1. The lowest BCUT2D eigenvalue weighted by Crippen LogP contribution is -2.10. The number of carbonyl (C=O) groups excluding carboxylic acids is 2. The van der Waals surface area contributed by atoms with Gasteiger partial charge in [-0.3, -0.25) is 9.78 Å². The Morgan fingerprint density at radius 3 is 2.44 bits per heavy atom. The van der Waals surface area contributed by atoms with Gasteiger partial charge in [-0.25, -0.2) is 4.79 Å². The Labute approximate surface area is 106 Å². The van der Waals surface area contributed by atoms with Gasteiger partial charge in [-0.15, -0.1) is 0 Å². The van der Waals surface area contributed by atoms with Crippen molar-refractivity contribution < 1.29 is 14.3 Å². The van der Waals surface area contributed by atoms with E-state index in [9.17, 15) is 9.59 Å². The molecule has 1 aromatic heterocycles. The third kappa shape index (κ3) is 4.78. The van der Waals surface area contributed by atoms with Crippen LogP contribution in [0.15, 0.2) is 24.3 Å². The topological polar surface area (TPSA) is 68.3 Å². The number of anilines is 1. The number of carbonyl (C=O) groups is 2. The predicted octanol–water partition coefficient (Wildman–Crippen LogP) is 1.76. The molecule has 1 N–H and O–H groups in total. The zero-order chi connectivity index (χ0) is 13.5. The number of hydrogen-bond donors (Lipinski definition) is 1. The van der Waals surface area contributed by atoms with Crippen molar-refractivity contribution in [3.8, 4) is 0 Å². The molecular formula is C13H16N2O3. The first-order valence-electron chi connectivity index (χ1n) is 5.62. The van der Waals surface area contributed by atoms with Crippen LogP contribution in [0, 0.1) is 13.8 Å². The Morgan fingerprint density at radius 2 is 1.89 bits per heavy atom. The smallest absolute Gasteiger partial charge is 0.330 e. The molecule has 0 spiro atoms. The lowest BCUT2D eigenvalue weighted by atomic mass is 10.3. The van der Waals surface area contributed by atoms with Gasteiger partial charge in [0.05, 0.1) is 6.61 Å². The highest BCUT2D eigenvalue weighted by atomic mass is 16.5. The number of hydrogen-bond acceptors (Lipinski definition) is 4. The number of rotatable bonds is 4. The molecular weight excluding hydrogens is 232 g/mol. The van der Waals surface area contributed by atoms with Crippen LogP contribution in [-0.4, -0.2) is 23.5 Å². The zero-order valence-corrected chi connectivity index (χ0v) is 10.7. The fourth-order valence-electron chi connectivity index (χ4n) is 1.42.